The summed E-state index contributed by atoms with van der Waals surface area (Å²) < 4.78 is 11.6. The highest BCUT2D eigenvalue weighted by Gasteiger charge is 2.00. The van der Waals surface area contributed by atoms with Crippen LogP contribution in [0.15, 0.2) is 78.9 Å². The van der Waals surface area contributed by atoms with Gasteiger partial charge in [0.1, 0.15) is 23.9 Å². The largest absolute Gasteiger partial charge is 0.492 e. The lowest BCUT2D eigenvalue weighted by atomic mass is 10.2. The highest BCUT2D eigenvalue weighted by Crippen LogP contribution is 2.22. The number of hydrogen-bond acceptors (Lipinski definition) is 3. The van der Waals surface area contributed by atoms with E-state index in [1.165, 1.54) is 11.1 Å². The van der Waals surface area contributed by atoms with Crippen LogP contribution in [0, 0.1) is 6.92 Å². The Bertz CT molecular complexity index is 770. The molecule has 3 nitrogen and oxygen atoms in total. The summed E-state index contributed by atoms with van der Waals surface area (Å²) in [6.45, 7) is 4.28. The molecule has 3 heteroatoms. The van der Waals surface area contributed by atoms with Gasteiger partial charge in [-0.2, -0.15) is 0 Å². The molecule has 3 rings (SSSR count). The maximum atomic E-state index is 5.91. The molecule has 1 N–H and O–H groups in total. The van der Waals surface area contributed by atoms with Gasteiger partial charge >= 0.3 is 0 Å². The summed E-state index contributed by atoms with van der Waals surface area (Å²) in [6.07, 6.45) is 0. The van der Waals surface area contributed by atoms with Gasteiger partial charge in [-0.05, 0) is 48.9 Å². The molecule has 25 heavy (non-hydrogen) atoms. The minimum absolute atomic E-state index is 0.642. The molecule has 3 aromatic rings. The predicted molar refractivity (Wildman–Crippen MR) is 101 cm³/mol. The van der Waals surface area contributed by atoms with E-state index in [9.17, 15) is 0 Å². The minimum Gasteiger partial charge on any atom is -0.492 e. The molecule has 0 aliphatic rings. The van der Waals surface area contributed by atoms with Gasteiger partial charge in [0.15, 0.2) is 0 Å². The molecule has 0 aliphatic carbocycles. The molecule has 0 saturated heterocycles. The second-order valence-electron chi connectivity index (χ2n) is 5.90. The molecule has 0 unspecified atom stereocenters. The van der Waals surface area contributed by atoms with Crippen molar-refractivity contribution in [3.05, 3.63) is 90.0 Å². The average Bonchev–Trinajstić information content (AvgIpc) is 2.65. The van der Waals surface area contributed by atoms with Crippen molar-refractivity contribution in [3.8, 4) is 17.2 Å². The van der Waals surface area contributed by atoms with Crippen LogP contribution in [-0.4, -0.2) is 13.2 Å². The highest BCUT2D eigenvalue weighted by atomic mass is 16.5. The number of aryl methyl sites for hydroxylation is 1. The molecule has 0 aliphatic heterocycles. The van der Waals surface area contributed by atoms with Crippen molar-refractivity contribution in [2.45, 2.75) is 13.5 Å². The Kier molecular flexibility index (Phi) is 6.07. The first-order chi connectivity index (χ1) is 12.3. The molecule has 0 amide bonds. The summed E-state index contributed by atoms with van der Waals surface area (Å²) in [6, 6.07) is 26.1. The van der Waals surface area contributed by atoms with Crippen LogP contribution in [0.4, 0.5) is 0 Å². The van der Waals surface area contributed by atoms with Gasteiger partial charge in [-0.3, -0.25) is 0 Å². The van der Waals surface area contributed by atoms with Crippen LogP contribution in [0.3, 0.4) is 0 Å². The lowest BCUT2D eigenvalue weighted by Crippen LogP contribution is -2.20. The smallest absolute Gasteiger partial charge is 0.127 e. The molecule has 0 fully saturated rings. The molecule has 0 radical (unpaired) electrons. The summed E-state index contributed by atoms with van der Waals surface area (Å²) in [5.41, 5.74) is 2.41. The van der Waals surface area contributed by atoms with E-state index in [1.807, 2.05) is 66.7 Å². The summed E-state index contributed by atoms with van der Waals surface area (Å²) in [5.74, 6) is 2.61. The summed E-state index contributed by atoms with van der Waals surface area (Å²) in [4.78, 5) is 0. The number of nitrogens with one attached hydrogen (secondary N) is 1. The Morgan fingerprint density at radius 3 is 2.32 bits per heavy atom. The van der Waals surface area contributed by atoms with E-state index in [0.29, 0.717) is 6.61 Å². The molecule has 0 atom stereocenters. The fourth-order valence-corrected chi connectivity index (χ4v) is 2.45. The Labute approximate surface area is 149 Å². The number of para-hydroxylation sites is 1. The van der Waals surface area contributed by atoms with Crippen molar-refractivity contribution >= 4 is 0 Å². The maximum absolute atomic E-state index is 5.91. The first-order valence-corrected chi connectivity index (χ1v) is 8.52. The minimum atomic E-state index is 0.642. The van der Waals surface area contributed by atoms with Crippen molar-refractivity contribution in [1.29, 1.82) is 0 Å². The van der Waals surface area contributed by atoms with E-state index in [2.05, 4.69) is 24.4 Å². The fraction of sp³-hybridized carbons (Fsp3) is 0.182. The monoisotopic (exact) mass is 333 g/mol. The fourth-order valence-electron chi connectivity index (χ4n) is 2.45. The second-order valence-corrected chi connectivity index (χ2v) is 5.90. The average molecular weight is 333 g/mol. The van der Waals surface area contributed by atoms with Crippen molar-refractivity contribution in [2.24, 2.45) is 0 Å². The first kappa shape index (κ1) is 17.1. The topological polar surface area (TPSA) is 30.5 Å². The van der Waals surface area contributed by atoms with Crippen LogP contribution in [0.5, 0.6) is 17.2 Å². The molecule has 0 spiro atoms. The Morgan fingerprint density at radius 1 is 0.760 bits per heavy atom. The second kappa shape index (κ2) is 8.90. The highest BCUT2D eigenvalue weighted by molar-refractivity contribution is 5.35. The summed E-state index contributed by atoms with van der Waals surface area (Å²) in [5, 5.41) is 3.39. The Hall–Kier alpha value is -2.78. The lowest BCUT2D eigenvalue weighted by molar-refractivity contribution is 0.313. The van der Waals surface area contributed by atoms with E-state index in [4.69, 9.17) is 9.47 Å². The molecule has 0 aromatic heterocycles. The van der Waals surface area contributed by atoms with E-state index in [0.717, 1.165) is 30.3 Å². The zero-order valence-electron chi connectivity index (χ0n) is 14.4. The third kappa shape index (κ3) is 5.66. The van der Waals surface area contributed by atoms with Gasteiger partial charge in [-0.25, -0.2) is 0 Å². The van der Waals surface area contributed by atoms with Crippen molar-refractivity contribution in [2.75, 3.05) is 13.2 Å². The zero-order valence-corrected chi connectivity index (χ0v) is 14.4. The third-order valence-electron chi connectivity index (χ3n) is 3.78. The van der Waals surface area contributed by atoms with Crippen LogP contribution in [0.2, 0.25) is 0 Å². The van der Waals surface area contributed by atoms with Crippen LogP contribution in [-0.2, 0) is 6.54 Å². The van der Waals surface area contributed by atoms with E-state index in [-0.39, 0.29) is 0 Å². The van der Waals surface area contributed by atoms with Gasteiger partial charge in [0.05, 0.1) is 0 Å². The van der Waals surface area contributed by atoms with Gasteiger partial charge in [-0.1, -0.05) is 48.0 Å². The zero-order chi connectivity index (χ0) is 17.3. The van der Waals surface area contributed by atoms with Gasteiger partial charge in [-0.15, -0.1) is 0 Å². The molecule has 0 bridgehead atoms. The maximum Gasteiger partial charge on any atom is 0.127 e. The molecule has 0 heterocycles. The standard InChI is InChI=1S/C22H23NO2/c1-18-10-12-21(13-11-18)25-22-9-5-6-19(16-22)17-23-14-15-24-20-7-3-2-4-8-20/h2-13,16,23H,14-15,17H2,1H3. The van der Waals surface area contributed by atoms with Crippen LogP contribution >= 0.6 is 0 Å². The SMILES string of the molecule is Cc1ccc(Oc2cccc(CNCCOc3ccccc3)c2)cc1. The third-order valence-corrected chi connectivity index (χ3v) is 3.78. The van der Waals surface area contributed by atoms with E-state index < -0.39 is 0 Å². The van der Waals surface area contributed by atoms with E-state index >= 15 is 0 Å². The van der Waals surface area contributed by atoms with Gasteiger partial charge < -0.3 is 14.8 Å². The number of rotatable bonds is 8. The lowest BCUT2D eigenvalue weighted by Gasteiger charge is -2.10. The van der Waals surface area contributed by atoms with Crippen LogP contribution in [0.25, 0.3) is 0 Å². The molecule has 0 saturated carbocycles. The van der Waals surface area contributed by atoms with Crippen molar-refractivity contribution in [1.82, 2.24) is 5.32 Å². The molecular weight excluding hydrogens is 310 g/mol. The summed E-state index contributed by atoms with van der Waals surface area (Å²) >= 11 is 0. The van der Waals surface area contributed by atoms with Gasteiger partial charge in [0.2, 0.25) is 0 Å². The first-order valence-electron chi connectivity index (χ1n) is 8.52. The van der Waals surface area contributed by atoms with E-state index in [1.54, 1.807) is 0 Å². The number of hydrogen-bond donors (Lipinski definition) is 1. The van der Waals surface area contributed by atoms with Crippen LogP contribution in [0.1, 0.15) is 11.1 Å². The Morgan fingerprint density at radius 2 is 1.52 bits per heavy atom. The predicted octanol–water partition coefficient (Wildman–Crippen LogP) is 4.96. The molecule has 3 aromatic carbocycles. The van der Waals surface area contributed by atoms with Crippen molar-refractivity contribution in [3.63, 3.8) is 0 Å². The van der Waals surface area contributed by atoms with Crippen LogP contribution < -0.4 is 14.8 Å². The molecule has 128 valence electrons. The van der Waals surface area contributed by atoms with Gasteiger partial charge in [0, 0.05) is 13.1 Å². The summed E-state index contributed by atoms with van der Waals surface area (Å²) in [7, 11) is 0. The molecular formula is C22H23NO2. The Balaban J connectivity index is 1.44. The normalized spacial score (nSPS) is 10.4. The number of ether oxygens (including phenoxy) is 2. The quantitative estimate of drug-likeness (QED) is 0.591. The number of benzene rings is 3. The van der Waals surface area contributed by atoms with Gasteiger partial charge in [0.25, 0.3) is 0 Å². The van der Waals surface area contributed by atoms with Crippen molar-refractivity contribution < 1.29 is 9.47 Å².